The summed E-state index contributed by atoms with van der Waals surface area (Å²) in [6, 6.07) is 4.14. The highest BCUT2D eigenvalue weighted by atomic mass is 32.1. The summed E-state index contributed by atoms with van der Waals surface area (Å²) in [5.41, 5.74) is 1.32. The minimum Gasteiger partial charge on any atom is -0.383 e. The van der Waals surface area contributed by atoms with Crippen LogP contribution >= 0.6 is 11.3 Å². The largest absolute Gasteiger partial charge is 0.383 e. The van der Waals surface area contributed by atoms with Gasteiger partial charge in [0.05, 0.1) is 0 Å². The fourth-order valence-electron chi connectivity index (χ4n) is 1.31. The van der Waals surface area contributed by atoms with Gasteiger partial charge in [-0.1, -0.05) is 32.4 Å². The van der Waals surface area contributed by atoms with E-state index in [0.717, 1.165) is 10.5 Å². The summed E-state index contributed by atoms with van der Waals surface area (Å²) in [5, 5.41) is 9.90. The lowest BCUT2D eigenvalue weighted by atomic mass is 9.95. The van der Waals surface area contributed by atoms with Crippen molar-refractivity contribution in [2.24, 2.45) is 0 Å². The molecule has 0 aliphatic rings. The fraction of sp³-hybridized carbons (Fsp3) is 0.538. The van der Waals surface area contributed by atoms with E-state index in [-0.39, 0.29) is 5.41 Å². The molecule has 1 unspecified atom stereocenters. The average Bonchev–Trinajstić information content (AvgIpc) is 2.48. The maximum absolute atomic E-state index is 9.90. The summed E-state index contributed by atoms with van der Waals surface area (Å²) in [5.74, 6) is 0. The van der Waals surface area contributed by atoms with Crippen LogP contribution < -0.4 is 0 Å². The molecule has 15 heavy (non-hydrogen) atoms. The van der Waals surface area contributed by atoms with Gasteiger partial charge in [-0.05, 0) is 31.4 Å². The number of allylic oxidation sites excluding steroid dienone is 1. The molecule has 0 aliphatic heterocycles. The zero-order chi connectivity index (χ0) is 11.6. The van der Waals surface area contributed by atoms with Crippen LogP contribution in [0.1, 0.15) is 50.5 Å². The molecule has 1 N–H and O–H groups in total. The quantitative estimate of drug-likeness (QED) is 0.752. The van der Waals surface area contributed by atoms with E-state index in [1.54, 1.807) is 11.3 Å². The van der Waals surface area contributed by atoms with Crippen LogP contribution in [-0.4, -0.2) is 5.11 Å². The third-order valence-corrected chi connectivity index (χ3v) is 3.73. The van der Waals surface area contributed by atoms with E-state index < -0.39 is 6.10 Å². The number of hydrogen-bond acceptors (Lipinski definition) is 2. The molecule has 2 heteroatoms. The van der Waals surface area contributed by atoms with E-state index >= 15 is 0 Å². The van der Waals surface area contributed by atoms with Crippen LogP contribution in [0.4, 0.5) is 0 Å². The van der Waals surface area contributed by atoms with Crippen LogP contribution in [0.25, 0.3) is 0 Å². The van der Waals surface area contributed by atoms with Gasteiger partial charge in [0.15, 0.2) is 0 Å². The standard InChI is InChI=1S/C13H20OS/c1-9(2)8-10(14)11-6-7-12(15-11)13(3,4)5/h6-8,10,14H,1-5H3. The van der Waals surface area contributed by atoms with Gasteiger partial charge in [0.25, 0.3) is 0 Å². The molecule has 1 nitrogen and oxygen atoms in total. The molecule has 0 saturated heterocycles. The highest BCUT2D eigenvalue weighted by Crippen LogP contribution is 2.32. The molecule has 1 aromatic heterocycles. The number of thiophene rings is 1. The van der Waals surface area contributed by atoms with Gasteiger partial charge >= 0.3 is 0 Å². The van der Waals surface area contributed by atoms with Crippen LogP contribution in [0, 0.1) is 0 Å². The van der Waals surface area contributed by atoms with Gasteiger partial charge in [0.2, 0.25) is 0 Å². The normalized spacial score (nSPS) is 13.7. The van der Waals surface area contributed by atoms with Crippen LogP contribution in [0.3, 0.4) is 0 Å². The first-order valence-corrected chi connectivity index (χ1v) is 6.05. The van der Waals surface area contributed by atoms with Crippen molar-refractivity contribution in [2.75, 3.05) is 0 Å². The molecule has 1 aromatic rings. The summed E-state index contributed by atoms with van der Waals surface area (Å²) in [6.45, 7) is 10.6. The van der Waals surface area contributed by atoms with E-state index in [4.69, 9.17) is 0 Å². The van der Waals surface area contributed by atoms with Crippen LogP contribution in [-0.2, 0) is 5.41 Å². The highest BCUT2D eigenvalue weighted by molar-refractivity contribution is 7.12. The number of rotatable bonds is 2. The topological polar surface area (TPSA) is 20.2 Å². The Bertz CT molecular complexity index is 351. The van der Waals surface area contributed by atoms with Gasteiger partial charge in [-0.25, -0.2) is 0 Å². The van der Waals surface area contributed by atoms with Crippen molar-refractivity contribution >= 4 is 11.3 Å². The maximum Gasteiger partial charge on any atom is 0.107 e. The molecule has 1 rings (SSSR count). The monoisotopic (exact) mass is 224 g/mol. The molecule has 0 bridgehead atoms. The Balaban J connectivity index is 2.90. The number of hydrogen-bond donors (Lipinski definition) is 1. The van der Waals surface area contributed by atoms with Crippen molar-refractivity contribution < 1.29 is 5.11 Å². The molecule has 0 fully saturated rings. The van der Waals surface area contributed by atoms with E-state index in [0.29, 0.717) is 0 Å². The Morgan fingerprint density at radius 2 is 1.93 bits per heavy atom. The van der Waals surface area contributed by atoms with Crippen molar-refractivity contribution in [2.45, 2.75) is 46.1 Å². The minimum atomic E-state index is -0.448. The maximum atomic E-state index is 9.90. The summed E-state index contributed by atoms with van der Waals surface area (Å²) in [6.07, 6.45) is 1.44. The molecular weight excluding hydrogens is 204 g/mol. The third kappa shape index (κ3) is 3.47. The molecular formula is C13H20OS. The molecule has 0 amide bonds. The van der Waals surface area contributed by atoms with E-state index in [9.17, 15) is 5.11 Å². The van der Waals surface area contributed by atoms with Crippen LogP contribution in [0.5, 0.6) is 0 Å². The molecule has 0 radical (unpaired) electrons. The first kappa shape index (κ1) is 12.5. The minimum absolute atomic E-state index is 0.174. The molecule has 84 valence electrons. The molecule has 0 aliphatic carbocycles. The Labute approximate surface area is 96.5 Å². The summed E-state index contributed by atoms with van der Waals surface area (Å²) in [7, 11) is 0. The smallest absolute Gasteiger partial charge is 0.107 e. The van der Waals surface area contributed by atoms with Gasteiger partial charge in [-0.3, -0.25) is 0 Å². The third-order valence-electron chi connectivity index (χ3n) is 2.15. The van der Waals surface area contributed by atoms with Crippen molar-refractivity contribution in [3.05, 3.63) is 33.5 Å². The SMILES string of the molecule is CC(C)=CC(O)c1ccc(C(C)(C)C)s1. The Kier molecular flexibility index (Phi) is 3.74. The Morgan fingerprint density at radius 3 is 2.33 bits per heavy atom. The van der Waals surface area contributed by atoms with Gasteiger partial charge in [-0.15, -0.1) is 11.3 Å². The Hall–Kier alpha value is -0.600. The summed E-state index contributed by atoms with van der Waals surface area (Å²) >= 11 is 1.70. The first-order valence-electron chi connectivity index (χ1n) is 5.24. The van der Waals surface area contributed by atoms with Crippen LogP contribution in [0.15, 0.2) is 23.8 Å². The molecule has 0 saturated carbocycles. The zero-order valence-corrected chi connectivity index (χ0v) is 11.0. The molecule has 1 atom stereocenters. The van der Waals surface area contributed by atoms with Crippen molar-refractivity contribution in [1.29, 1.82) is 0 Å². The predicted molar refractivity (Wildman–Crippen MR) is 67.4 cm³/mol. The first-order chi connectivity index (χ1) is 6.80. The van der Waals surface area contributed by atoms with Crippen molar-refractivity contribution in [3.8, 4) is 0 Å². The van der Waals surface area contributed by atoms with E-state index in [1.807, 2.05) is 26.0 Å². The number of aliphatic hydroxyl groups excluding tert-OH is 1. The lowest BCUT2D eigenvalue weighted by Gasteiger charge is -2.15. The van der Waals surface area contributed by atoms with Gasteiger partial charge in [0, 0.05) is 9.75 Å². The lowest BCUT2D eigenvalue weighted by molar-refractivity contribution is 0.231. The van der Waals surface area contributed by atoms with E-state index in [2.05, 4.69) is 26.8 Å². The zero-order valence-electron chi connectivity index (χ0n) is 10.2. The second kappa shape index (κ2) is 4.50. The Morgan fingerprint density at radius 1 is 1.33 bits per heavy atom. The highest BCUT2D eigenvalue weighted by Gasteiger charge is 2.17. The second-order valence-corrected chi connectivity index (χ2v) is 6.26. The number of aliphatic hydroxyl groups is 1. The van der Waals surface area contributed by atoms with Gasteiger partial charge < -0.3 is 5.11 Å². The fourth-order valence-corrected chi connectivity index (χ4v) is 2.33. The lowest BCUT2D eigenvalue weighted by Crippen LogP contribution is -2.07. The average molecular weight is 224 g/mol. The van der Waals surface area contributed by atoms with Crippen molar-refractivity contribution in [3.63, 3.8) is 0 Å². The molecule has 0 aromatic carbocycles. The molecule has 0 spiro atoms. The summed E-state index contributed by atoms with van der Waals surface area (Å²) < 4.78 is 0. The van der Waals surface area contributed by atoms with Gasteiger partial charge in [-0.2, -0.15) is 0 Å². The molecule has 1 heterocycles. The van der Waals surface area contributed by atoms with Gasteiger partial charge in [0.1, 0.15) is 6.10 Å². The predicted octanol–water partition coefficient (Wildman–Crippen LogP) is 4.05. The summed E-state index contributed by atoms with van der Waals surface area (Å²) in [4.78, 5) is 2.35. The second-order valence-electron chi connectivity index (χ2n) is 5.14. The van der Waals surface area contributed by atoms with E-state index in [1.165, 1.54) is 4.88 Å². The van der Waals surface area contributed by atoms with Crippen molar-refractivity contribution in [1.82, 2.24) is 0 Å². The van der Waals surface area contributed by atoms with Crippen LogP contribution in [0.2, 0.25) is 0 Å².